The van der Waals surface area contributed by atoms with Crippen LogP contribution in [0.5, 0.6) is 0 Å². The van der Waals surface area contributed by atoms with Gasteiger partial charge in [0, 0.05) is 12.3 Å². The maximum Gasteiger partial charge on any atom is 0.172 e. The van der Waals surface area contributed by atoms with E-state index in [1.807, 2.05) is 13.0 Å². The van der Waals surface area contributed by atoms with Gasteiger partial charge in [0.25, 0.3) is 0 Å². The molecule has 46 valence electrons. The van der Waals surface area contributed by atoms with Crippen molar-refractivity contribution in [3.8, 4) is 0 Å². The van der Waals surface area contributed by atoms with Crippen molar-refractivity contribution in [2.24, 2.45) is 0 Å². The van der Waals surface area contributed by atoms with E-state index in [4.69, 9.17) is 4.52 Å². The summed E-state index contributed by atoms with van der Waals surface area (Å²) in [4.78, 5) is 4.01. The lowest BCUT2D eigenvalue weighted by atomic mass is 10.5. The highest BCUT2D eigenvalue weighted by atomic mass is 16.5. The van der Waals surface area contributed by atoms with E-state index < -0.39 is 0 Å². The molecule has 9 heavy (non-hydrogen) atoms. The van der Waals surface area contributed by atoms with Gasteiger partial charge < -0.3 is 4.52 Å². The topological polar surface area (TPSA) is 30.4 Å². The molecule has 0 aliphatic rings. The zero-order chi connectivity index (χ0) is 6.27. The molecular formula is C6H6N2O. The van der Waals surface area contributed by atoms with E-state index in [-0.39, 0.29) is 0 Å². The molecule has 0 unspecified atom stereocenters. The van der Waals surface area contributed by atoms with Crippen LogP contribution in [0.2, 0.25) is 0 Å². The summed E-state index contributed by atoms with van der Waals surface area (Å²) >= 11 is 0. The summed E-state index contributed by atoms with van der Waals surface area (Å²) in [6.07, 6.45) is 3.49. The molecule has 3 nitrogen and oxygen atoms in total. The minimum absolute atomic E-state index is 0.868. The van der Waals surface area contributed by atoms with Crippen LogP contribution in [0.25, 0.3) is 5.65 Å². The third-order valence-corrected chi connectivity index (χ3v) is 1.21. The van der Waals surface area contributed by atoms with Crippen molar-refractivity contribution in [2.45, 2.75) is 6.92 Å². The van der Waals surface area contributed by atoms with Gasteiger partial charge in [0.2, 0.25) is 0 Å². The number of hydrogen-bond donors (Lipinski definition) is 0. The summed E-state index contributed by atoms with van der Waals surface area (Å²) in [5, 5.41) is 0. The minimum atomic E-state index is 0.868. The fourth-order valence-corrected chi connectivity index (χ4v) is 0.845. The van der Waals surface area contributed by atoms with E-state index in [1.54, 1.807) is 17.0 Å². The molecule has 0 saturated heterocycles. The third-order valence-electron chi connectivity index (χ3n) is 1.21. The van der Waals surface area contributed by atoms with E-state index in [2.05, 4.69) is 4.98 Å². The Labute approximate surface area is 51.9 Å². The average Bonchev–Trinajstić information content (AvgIpc) is 2.22. The Morgan fingerprint density at radius 2 is 2.56 bits per heavy atom. The first-order chi connectivity index (χ1) is 4.36. The maximum absolute atomic E-state index is 5.16. The number of fused-ring (bicyclic) bond motifs is 1. The quantitative estimate of drug-likeness (QED) is 0.526. The predicted octanol–water partition coefficient (Wildman–Crippen LogP) is 1.24. The van der Waals surface area contributed by atoms with Crippen molar-refractivity contribution in [3.05, 3.63) is 24.2 Å². The molecule has 2 aromatic heterocycles. The van der Waals surface area contributed by atoms with Crippen molar-refractivity contribution >= 4 is 5.65 Å². The second-order valence-corrected chi connectivity index (χ2v) is 1.96. The second-order valence-electron chi connectivity index (χ2n) is 1.96. The molecule has 2 aromatic rings. The van der Waals surface area contributed by atoms with Gasteiger partial charge in [0.1, 0.15) is 5.76 Å². The van der Waals surface area contributed by atoms with E-state index in [1.165, 1.54) is 0 Å². The van der Waals surface area contributed by atoms with Gasteiger partial charge >= 0.3 is 0 Å². The lowest BCUT2D eigenvalue weighted by Crippen LogP contribution is -1.68. The summed E-state index contributed by atoms with van der Waals surface area (Å²) in [5.74, 6) is 0.887. The number of imidazole rings is 1. The van der Waals surface area contributed by atoms with Gasteiger partial charge in [-0.3, -0.25) is 0 Å². The van der Waals surface area contributed by atoms with E-state index in [0.29, 0.717) is 0 Å². The maximum atomic E-state index is 5.16. The van der Waals surface area contributed by atoms with Crippen molar-refractivity contribution in [1.82, 2.24) is 9.56 Å². The molecule has 0 atom stereocenters. The summed E-state index contributed by atoms with van der Waals surface area (Å²) in [5.41, 5.74) is 0.868. The van der Waals surface area contributed by atoms with Crippen molar-refractivity contribution in [2.75, 3.05) is 0 Å². The lowest BCUT2D eigenvalue weighted by molar-refractivity contribution is 0.357. The molecule has 0 N–H and O–H groups in total. The lowest BCUT2D eigenvalue weighted by Gasteiger charge is -1.76. The molecule has 0 spiro atoms. The number of aromatic nitrogens is 2. The van der Waals surface area contributed by atoms with Crippen LogP contribution in [0.3, 0.4) is 0 Å². The van der Waals surface area contributed by atoms with Gasteiger partial charge in [0.05, 0.1) is 6.20 Å². The smallest absolute Gasteiger partial charge is 0.172 e. The Hall–Kier alpha value is -1.25. The SMILES string of the molecule is Cc1cc2nccn2o1. The van der Waals surface area contributed by atoms with Crippen molar-refractivity contribution in [3.63, 3.8) is 0 Å². The third kappa shape index (κ3) is 0.543. The van der Waals surface area contributed by atoms with Gasteiger partial charge in [-0.05, 0) is 6.92 Å². The Morgan fingerprint density at radius 3 is 3.33 bits per heavy atom. The standard InChI is InChI=1S/C6H6N2O/c1-5-4-6-7-2-3-8(6)9-5/h2-4H,1H3. The first-order valence-electron chi connectivity index (χ1n) is 2.76. The predicted molar refractivity (Wildman–Crippen MR) is 32.2 cm³/mol. The molecule has 0 radical (unpaired) electrons. The Balaban J connectivity index is 2.92. The molecule has 2 heterocycles. The Morgan fingerprint density at radius 1 is 1.67 bits per heavy atom. The fourth-order valence-electron chi connectivity index (χ4n) is 0.845. The molecule has 0 aromatic carbocycles. The highest BCUT2D eigenvalue weighted by Crippen LogP contribution is 2.04. The largest absolute Gasteiger partial charge is 0.378 e. The van der Waals surface area contributed by atoms with Gasteiger partial charge in [0.15, 0.2) is 5.65 Å². The molecular weight excluding hydrogens is 116 g/mol. The normalized spacial score (nSPS) is 10.8. The van der Waals surface area contributed by atoms with E-state index in [0.717, 1.165) is 11.4 Å². The van der Waals surface area contributed by atoms with Crippen molar-refractivity contribution in [1.29, 1.82) is 0 Å². The van der Waals surface area contributed by atoms with Crippen LogP contribution >= 0.6 is 0 Å². The molecule has 0 saturated carbocycles. The van der Waals surface area contributed by atoms with Crippen LogP contribution in [-0.4, -0.2) is 9.56 Å². The molecule has 0 aliphatic heterocycles. The number of nitrogens with zero attached hydrogens (tertiary/aromatic N) is 2. The molecule has 3 heteroatoms. The highest BCUT2D eigenvalue weighted by molar-refractivity contribution is 5.36. The zero-order valence-corrected chi connectivity index (χ0v) is 5.03. The number of hydrogen-bond acceptors (Lipinski definition) is 2. The molecule has 0 bridgehead atoms. The molecule has 0 aliphatic carbocycles. The molecule has 0 fully saturated rings. The minimum Gasteiger partial charge on any atom is -0.378 e. The zero-order valence-electron chi connectivity index (χ0n) is 5.03. The second kappa shape index (κ2) is 1.37. The van der Waals surface area contributed by atoms with Crippen LogP contribution < -0.4 is 0 Å². The monoisotopic (exact) mass is 122 g/mol. The van der Waals surface area contributed by atoms with Crippen LogP contribution in [0.1, 0.15) is 5.76 Å². The summed E-state index contributed by atoms with van der Waals surface area (Å²) in [6.45, 7) is 1.90. The van der Waals surface area contributed by atoms with Crippen LogP contribution in [0, 0.1) is 6.92 Å². The summed E-state index contributed by atoms with van der Waals surface area (Å²) in [7, 11) is 0. The average molecular weight is 122 g/mol. The van der Waals surface area contributed by atoms with Crippen LogP contribution in [0.15, 0.2) is 23.0 Å². The Bertz CT molecular complexity index is 292. The first kappa shape index (κ1) is 4.61. The van der Waals surface area contributed by atoms with Gasteiger partial charge in [-0.1, -0.05) is 0 Å². The molecule has 2 rings (SSSR count). The molecule has 0 amide bonds. The summed E-state index contributed by atoms with van der Waals surface area (Å²) in [6, 6.07) is 1.89. The highest BCUT2D eigenvalue weighted by Gasteiger charge is 1.96. The van der Waals surface area contributed by atoms with Crippen LogP contribution in [-0.2, 0) is 0 Å². The van der Waals surface area contributed by atoms with Gasteiger partial charge in [-0.2, -0.15) is 4.57 Å². The summed E-state index contributed by atoms with van der Waals surface area (Å²) < 4.78 is 6.80. The number of aryl methyl sites for hydroxylation is 1. The van der Waals surface area contributed by atoms with E-state index in [9.17, 15) is 0 Å². The van der Waals surface area contributed by atoms with Gasteiger partial charge in [-0.25, -0.2) is 4.98 Å². The van der Waals surface area contributed by atoms with Crippen LogP contribution in [0.4, 0.5) is 0 Å². The van der Waals surface area contributed by atoms with Gasteiger partial charge in [-0.15, -0.1) is 0 Å². The first-order valence-corrected chi connectivity index (χ1v) is 2.76. The van der Waals surface area contributed by atoms with Crippen molar-refractivity contribution < 1.29 is 4.52 Å². The Kier molecular flexibility index (Phi) is 0.704. The number of rotatable bonds is 0. The fraction of sp³-hybridized carbons (Fsp3) is 0.167. The van der Waals surface area contributed by atoms with E-state index >= 15 is 0 Å².